The average Bonchev–Trinajstić information content (AvgIpc) is 2.14. The van der Waals surface area contributed by atoms with Gasteiger partial charge in [-0.1, -0.05) is 6.92 Å². The fourth-order valence-electron chi connectivity index (χ4n) is 0.889. The number of carboxylic acid groups (broad SMARTS) is 1. The Morgan fingerprint density at radius 1 is 1.89 bits per heavy atom. The van der Waals surface area contributed by atoms with Gasteiger partial charge in [-0.2, -0.15) is 0 Å². The van der Waals surface area contributed by atoms with Crippen LogP contribution < -0.4 is 0 Å². The van der Waals surface area contributed by atoms with Gasteiger partial charge in [0.1, 0.15) is 6.04 Å². The highest BCUT2D eigenvalue weighted by Crippen LogP contribution is 2.13. The molecule has 0 spiro atoms. The van der Waals surface area contributed by atoms with Crippen molar-refractivity contribution in [2.45, 2.75) is 19.4 Å². The molecule has 9 heavy (non-hydrogen) atoms. The number of nitrogens with zero attached hydrogens (tertiary/aromatic N) is 1. The molecule has 0 aliphatic carbocycles. The topological polar surface area (TPSA) is 49.7 Å². The molecule has 0 saturated heterocycles. The molecule has 1 rings (SSSR count). The first-order chi connectivity index (χ1) is 4.20. The van der Waals surface area contributed by atoms with E-state index in [1.54, 1.807) is 6.21 Å². The predicted molar refractivity (Wildman–Crippen MR) is 33.7 cm³/mol. The van der Waals surface area contributed by atoms with Gasteiger partial charge in [0.2, 0.25) is 0 Å². The molecule has 0 aromatic rings. The molecule has 1 aliphatic rings. The SMILES string of the molecule is C[C@@H]1C=N[C@@H](C(=O)O)C1. The zero-order chi connectivity index (χ0) is 6.85. The van der Waals surface area contributed by atoms with Crippen molar-refractivity contribution in [2.75, 3.05) is 0 Å². The summed E-state index contributed by atoms with van der Waals surface area (Å²) in [5, 5.41) is 8.42. The highest BCUT2D eigenvalue weighted by molar-refractivity contribution is 5.79. The van der Waals surface area contributed by atoms with Crippen LogP contribution in [-0.4, -0.2) is 23.3 Å². The maximum absolute atomic E-state index is 10.2. The molecule has 0 saturated carbocycles. The van der Waals surface area contributed by atoms with Gasteiger partial charge in [0.25, 0.3) is 0 Å². The lowest BCUT2D eigenvalue weighted by Crippen LogP contribution is -2.15. The van der Waals surface area contributed by atoms with Gasteiger partial charge in [-0.15, -0.1) is 0 Å². The van der Waals surface area contributed by atoms with Gasteiger partial charge in [0.15, 0.2) is 0 Å². The summed E-state index contributed by atoms with van der Waals surface area (Å²) in [5.41, 5.74) is 0. The van der Waals surface area contributed by atoms with Crippen LogP contribution >= 0.6 is 0 Å². The average molecular weight is 127 g/mol. The van der Waals surface area contributed by atoms with Gasteiger partial charge in [-0.25, -0.2) is 4.79 Å². The molecule has 50 valence electrons. The second kappa shape index (κ2) is 2.17. The van der Waals surface area contributed by atoms with Crippen molar-refractivity contribution >= 4 is 12.2 Å². The highest BCUT2D eigenvalue weighted by atomic mass is 16.4. The maximum Gasteiger partial charge on any atom is 0.328 e. The van der Waals surface area contributed by atoms with Crippen LogP contribution in [0.15, 0.2) is 4.99 Å². The van der Waals surface area contributed by atoms with Crippen LogP contribution in [0.3, 0.4) is 0 Å². The number of carboxylic acids is 1. The third-order valence-electron chi connectivity index (χ3n) is 1.40. The Morgan fingerprint density at radius 2 is 2.56 bits per heavy atom. The van der Waals surface area contributed by atoms with Crippen LogP contribution in [0.25, 0.3) is 0 Å². The smallest absolute Gasteiger partial charge is 0.328 e. The van der Waals surface area contributed by atoms with E-state index < -0.39 is 12.0 Å². The number of aliphatic imine (C=N–C) groups is 1. The summed E-state index contributed by atoms with van der Waals surface area (Å²) in [6.45, 7) is 1.96. The Morgan fingerprint density at radius 3 is 2.78 bits per heavy atom. The molecular weight excluding hydrogens is 118 g/mol. The van der Waals surface area contributed by atoms with Gasteiger partial charge in [0, 0.05) is 6.21 Å². The van der Waals surface area contributed by atoms with Gasteiger partial charge in [0.05, 0.1) is 0 Å². The quantitative estimate of drug-likeness (QED) is 0.559. The fraction of sp³-hybridized carbons (Fsp3) is 0.667. The highest BCUT2D eigenvalue weighted by Gasteiger charge is 2.22. The van der Waals surface area contributed by atoms with E-state index in [9.17, 15) is 4.79 Å². The van der Waals surface area contributed by atoms with Crippen molar-refractivity contribution < 1.29 is 9.90 Å². The van der Waals surface area contributed by atoms with E-state index in [1.165, 1.54) is 0 Å². The predicted octanol–water partition coefficient (Wildman–Crippen LogP) is 0.550. The third-order valence-corrected chi connectivity index (χ3v) is 1.40. The van der Waals surface area contributed by atoms with E-state index in [0.29, 0.717) is 12.3 Å². The molecule has 2 atom stereocenters. The zero-order valence-electron chi connectivity index (χ0n) is 5.24. The monoisotopic (exact) mass is 127 g/mol. The van der Waals surface area contributed by atoms with Gasteiger partial charge < -0.3 is 5.11 Å². The zero-order valence-corrected chi connectivity index (χ0v) is 5.24. The lowest BCUT2D eigenvalue weighted by atomic mass is 10.1. The normalized spacial score (nSPS) is 33.0. The first-order valence-corrected chi connectivity index (χ1v) is 2.96. The molecular formula is C6H9NO2. The van der Waals surface area contributed by atoms with Crippen molar-refractivity contribution in [1.29, 1.82) is 0 Å². The molecule has 0 unspecified atom stereocenters. The molecule has 0 fully saturated rings. The van der Waals surface area contributed by atoms with Crippen LogP contribution in [-0.2, 0) is 4.79 Å². The summed E-state index contributed by atoms with van der Waals surface area (Å²) in [4.78, 5) is 14.0. The molecule has 0 aromatic heterocycles. The summed E-state index contributed by atoms with van der Waals surface area (Å²) in [5.74, 6) is -0.471. The second-order valence-electron chi connectivity index (χ2n) is 2.37. The van der Waals surface area contributed by atoms with Gasteiger partial charge in [-0.05, 0) is 12.3 Å². The Bertz CT molecular complexity index is 153. The molecule has 0 bridgehead atoms. The Labute approximate surface area is 53.4 Å². The van der Waals surface area contributed by atoms with Crippen molar-refractivity contribution in [3.8, 4) is 0 Å². The lowest BCUT2D eigenvalue weighted by Gasteiger charge is -1.98. The maximum atomic E-state index is 10.2. The Balaban J connectivity index is 2.50. The molecule has 3 heteroatoms. The van der Waals surface area contributed by atoms with Crippen LogP contribution in [0.5, 0.6) is 0 Å². The third kappa shape index (κ3) is 1.28. The minimum atomic E-state index is -0.810. The number of hydrogen-bond donors (Lipinski definition) is 1. The van der Waals surface area contributed by atoms with Gasteiger partial charge in [-0.3, -0.25) is 4.99 Å². The van der Waals surface area contributed by atoms with E-state index in [4.69, 9.17) is 5.11 Å². The molecule has 1 heterocycles. The molecule has 0 radical (unpaired) electrons. The molecule has 1 N–H and O–H groups in total. The summed E-state index contributed by atoms with van der Waals surface area (Å²) >= 11 is 0. The largest absolute Gasteiger partial charge is 0.480 e. The van der Waals surface area contributed by atoms with Crippen LogP contribution in [0, 0.1) is 5.92 Å². The Kier molecular flexibility index (Phi) is 1.51. The fourth-order valence-corrected chi connectivity index (χ4v) is 0.889. The van der Waals surface area contributed by atoms with Gasteiger partial charge >= 0.3 is 5.97 Å². The first-order valence-electron chi connectivity index (χ1n) is 2.96. The van der Waals surface area contributed by atoms with E-state index in [0.717, 1.165) is 0 Å². The number of aliphatic carboxylic acids is 1. The van der Waals surface area contributed by atoms with E-state index >= 15 is 0 Å². The summed E-state index contributed by atoms with van der Waals surface area (Å²) < 4.78 is 0. The Hall–Kier alpha value is -0.860. The van der Waals surface area contributed by atoms with Crippen LogP contribution in [0.1, 0.15) is 13.3 Å². The molecule has 0 amide bonds. The second-order valence-corrected chi connectivity index (χ2v) is 2.37. The number of rotatable bonds is 1. The molecule has 1 aliphatic heterocycles. The van der Waals surface area contributed by atoms with Crippen molar-refractivity contribution in [2.24, 2.45) is 10.9 Å². The minimum Gasteiger partial charge on any atom is -0.480 e. The van der Waals surface area contributed by atoms with Crippen molar-refractivity contribution in [3.05, 3.63) is 0 Å². The number of carbonyl (C=O) groups is 1. The van der Waals surface area contributed by atoms with Crippen LogP contribution in [0.4, 0.5) is 0 Å². The van der Waals surface area contributed by atoms with Crippen LogP contribution in [0.2, 0.25) is 0 Å². The summed E-state index contributed by atoms with van der Waals surface area (Å²) in [6.07, 6.45) is 2.37. The minimum absolute atomic E-state index is 0.339. The number of hydrogen-bond acceptors (Lipinski definition) is 2. The van der Waals surface area contributed by atoms with E-state index in [-0.39, 0.29) is 0 Å². The summed E-state index contributed by atoms with van der Waals surface area (Å²) in [7, 11) is 0. The molecule has 0 aromatic carbocycles. The van der Waals surface area contributed by atoms with Crippen molar-refractivity contribution in [3.63, 3.8) is 0 Å². The van der Waals surface area contributed by atoms with E-state index in [2.05, 4.69) is 4.99 Å². The van der Waals surface area contributed by atoms with E-state index in [1.807, 2.05) is 6.92 Å². The first kappa shape index (κ1) is 6.26. The lowest BCUT2D eigenvalue weighted by molar-refractivity contribution is -0.138. The van der Waals surface area contributed by atoms with Crippen molar-refractivity contribution in [1.82, 2.24) is 0 Å². The summed E-state index contributed by atoms with van der Waals surface area (Å²) in [6, 6.07) is -0.472. The standard InChI is InChI=1S/C6H9NO2/c1-4-2-5(6(8)9)7-3-4/h3-5H,2H2,1H3,(H,8,9)/t4-,5+/m0/s1. The molecule has 3 nitrogen and oxygen atoms in total.